The Morgan fingerprint density at radius 2 is 1.21 bits per heavy atom. The number of benzene rings is 1. The number of hydrogen-bond acceptors (Lipinski definition) is 2. The molecule has 24 heavy (non-hydrogen) atoms. The molecule has 0 saturated carbocycles. The monoisotopic (exact) mass is 370 g/mol. The molecule has 0 unspecified atom stereocenters. The Morgan fingerprint density at radius 1 is 0.833 bits per heavy atom. The number of hydrogen-bond donors (Lipinski definition) is 1. The molecule has 0 aromatic heterocycles. The number of carboxylic acid groups (broad SMARTS) is 1. The minimum absolute atomic E-state index is 0.715. The van der Waals surface area contributed by atoms with Gasteiger partial charge in [0.25, 0.3) is 0 Å². The maximum absolute atomic E-state index is 12.7. The number of ether oxygens (including phenoxy) is 1. The molecule has 1 rings (SSSR count). The first-order chi connectivity index (χ1) is 10.6. The van der Waals surface area contributed by atoms with Gasteiger partial charge < -0.3 is 9.84 Å². The molecule has 0 saturated heterocycles. The molecular weight excluding hydrogens is 363 g/mol. The lowest BCUT2D eigenvalue weighted by Gasteiger charge is -2.39. The number of halogens is 9. The van der Waals surface area contributed by atoms with Gasteiger partial charge in [-0.05, 0) is 5.56 Å². The van der Waals surface area contributed by atoms with Gasteiger partial charge in [-0.15, -0.1) is 0 Å². The summed E-state index contributed by atoms with van der Waals surface area (Å²) in [4.78, 5) is 10.9. The zero-order valence-corrected chi connectivity index (χ0v) is 11.1. The van der Waals surface area contributed by atoms with Crippen molar-refractivity contribution in [2.45, 2.75) is 30.2 Å². The standard InChI is InChI=1S/C12H7F9O3/c13-10(14,15)9(11(16,17)18,12(19,20)21)24-7(8(22)23)6-4-2-1-3-5-6/h1-5,7H,(H,22,23)/t7-/m0/s1. The van der Waals surface area contributed by atoms with Crippen molar-refractivity contribution < 1.29 is 54.2 Å². The Labute approximate surface area is 127 Å². The maximum Gasteiger partial charge on any atom is 0.435 e. The molecule has 1 aromatic rings. The van der Waals surface area contributed by atoms with Crippen LogP contribution in [-0.2, 0) is 9.53 Å². The first-order valence-electron chi connectivity index (χ1n) is 5.81. The van der Waals surface area contributed by atoms with Crippen molar-refractivity contribution in [1.29, 1.82) is 0 Å². The zero-order valence-electron chi connectivity index (χ0n) is 11.1. The topological polar surface area (TPSA) is 46.5 Å². The van der Waals surface area contributed by atoms with Crippen molar-refractivity contribution >= 4 is 5.97 Å². The predicted molar refractivity (Wildman–Crippen MR) is 58.8 cm³/mol. The van der Waals surface area contributed by atoms with Gasteiger partial charge in [-0.25, -0.2) is 4.79 Å². The average molecular weight is 370 g/mol. The van der Waals surface area contributed by atoms with E-state index >= 15 is 0 Å². The molecule has 1 N–H and O–H groups in total. The minimum atomic E-state index is -7.01. The van der Waals surface area contributed by atoms with Crippen LogP contribution in [0.2, 0.25) is 0 Å². The van der Waals surface area contributed by atoms with Crippen LogP contribution in [0.4, 0.5) is 39.5 Å². The fourth-order valence-corrected chi connectivity index (χ4v) is 1.75. The normalized spacial score (nSPS) is 15.2. The molecule has 0 fully saturated rings. The SMILES string of the molecule is O=C(O)[C@@H](OC(C(F)(F)F)(C(F)(F)F)C(F)(F)F)c1ccccc1. The van der Waals surface area contributed by atoms with Gasteiger partial charge >= 0.3 is 30.1 Å². The van der Waals surface area contributed by atoms with Gasteiger partial charge in [-0.3, -0.25) is 0 Å². The summed E-state index contributed by atoms with van der Waals surface area (Å²) in [7, 11) is 0. The van der Waals surface area contributed by atoms with Crippen LogP contribution in [-0.4, -0.2) is 35.2 Å². The summed E-state index contributed by atoms with van der Waals surface area (Å²) in [6.45, 7) is 0. The third kappa shape index (κ3) is 3.42. The third-order valence-electron chi connectivity index (χ3n) is 2.82. The third-order valence-corrected chi connectivity index (χ3v) is 2.82. The quantitative estimate of drug-likeness (QED) is 0.806. The van der Waals surface area contributed by atoms with E-state index in [9.17, 15) is 44.3 Å². The van der Waals surface area contributed by atoms with Crippen molar-refractivity contribution in [2.24, 2.45) is 0 Å². The van der Waals surface area contributed by atoms with E-state index < -0.39 is 41.8 Å². The summed E-state index contributed by atoms with van der Waals surface area (Å²) in [6, 6.07) is 4.66. The van der Waals surface area contributed by atoms with E-state index in [2.05, 4.69) is 4.74 Å². The minimum Gasteiger partial charge on any atom is -0.479 e. The Balaban J connectivity index is 3.59. The van der Waals surface area contributed by atoms with Gasteiger partial charge in [-0.2, -0.15) is 39.5 Å². The van der Waals surface area contributed by atoms with Crippen molar-refractivity contribution in [3.63, 3.8) is 0 Å². The van der Waals surface area contributed by atoms with Crippen LogP contribution in [0.25, 0.3) is 0 Å². The molecule has 136 valence electrons. The molecule has 0 aliphatic rings. The van der Waals surface area contributed by atoms with Crippen LogP contribution in [0.15, 0.2) is 30.3 Å². The summed E-state index contributed by atoms with van der Waals surface area (Å²) >= 11 is 0. The largest absolute Gasteiger partial charge is 0.479 e. The van der Waals surface area contributed by atoms with Gasteiger partial charge in [0.05, 0.1) is 0 Å². The van der Waals surface area contributed by atoms with E-state index in [4.69, 9.17) is 5.11 Å². The van der Waals surface area contributed by atoms with Gasteiger partial charge in [0.1, 0.15) is 0 Å². The first-order valence-corrected chi connectivity index (χ1v) is 5.81. The maximum atomic E-state index is 12.7. The lowest BCUT2D eigenvalue weighted by atomic mass is 10.00. The van der Waals surface area contributed by atoms with Crippen LogP contribution in [0, 0.1) is 0 Å². The zero-order chi connectivity index (χ0) is 19.0. The Morgan fingerprint density at radius 3 is 1.50 bits per heavy atom. The Hall–Kier alpha value is -1.98. The highest BCUT2D eigenvalue weighted by molar-refractivity contribution is 5.74. The molecule has 0 amide bonds. The molecule has 0 radical (unpaired) electrons. The Kier molecular flexibility index (Phi) is 5.14. The molecule has 0 aliphatic carbocycles. The van der Waals surface area contributed by atoms with E-state index in [0.29, 0.717) is 12.1 Å². The first kappa shape index (κ1) is 20.1. The predicted octanol–water partition coefficient (Wildman–Crippen LogP) is 4.25. The molecule has 1 atom stereocenters. The van der Waals surface area contributed by atoms with E-state index in [0.717, 1.165) is 12.1 Å². The summed E-state index contributed by atoms with van der Waals surface area (Å²) in [5.41, 5.74) is -7.49. The summed E-state index contributed by atoms with van der Waals surface area (Å²) < 4.78 is 118. The summed E-state index contributed by atoms with van der Waals surface area (Å²) in [5, 5.41) is 8.76. The van der Waals surface area contributed by atoms with Crippen LogP contribution in [0.3, 0.4) is 0 Å². The molecule has 3 nitrogen and oxygen atoms in total. The van der Waals surface area contributed by atoms with E-state index in [1.165, 1.54) is 6.07 Å². The van der Waals surface area contributed by atoms with E-state index in [1.807, 2.05) is 0 Å². The Bertz CT molecular complexity index is 538. The van der Waals surface area contributed by atoms with E-state index in [-0.39, 0.29) is 0 Å². The number of carboxylic acids is 1. The summed E-state index contributed by atoms with van der Waals surface area (Å²) in [6.07, 6.45) is -24.2. The molecule has 0 bridgehead atoms. The molecular formula is C12H7F9O3. The van der Waals surface area contributed by atoms with E-state index in [1.54, 1.807) is 0 Å². The number of aliphatic carboxylic acids is 1. The van der Waals surface area contributed by atoms with Crippen molar-refractivity contribution in [3.05, 3.63) is 35.9 Å². The lowest BCUT2D eigenvalue weighted by Crippen LogP contribution is -2.68. The number of carbonyl (C=O) groups is 1. The smallest absolute Gasteiger partial charge is 0.435 e. The highest BCUT2D eigenvalue weighted by Gasteiger charge is 2.86. The average Bonchev–Trinajstić information content (AvgIpc) is 2.35. The van der Waals surface area contributed by atoms with Crippen molar-refractivity contribution in [2.75, 3.05) is 0 Å². The second-order valence-corrected chi connectivity index (χ2v) is 4.42. The van der Waals surface area contributed by atoms with Gasteiger partial charge in [-0.1, -0.05) is 30.3 Å². The van der Waals surface area contributed by atoms with Crippen LogP contribution in [0.5, 0.6) is 0 Å². The fourth-order valence-electron chi connectivity index (χ4n) is 1.75. The van der Waals surface area contributed by atoms with Gasteiger partial charge in [0, 0.05) is 0 Å². The van der Waals surface area contributed by atoms with Crippen LogP contribution in [0.1, 0.15) is 11.7 Å². The number of rotatable bonds is 4. The van der Waals surface area contributed by atoms with Crippen molar-refractivity contribution in [3.8, 4) is 0 Å². The lowest BCUT2D eigenvalue weighted by molar-refractivity contribution is -0.463. The van der Waals surface area contributed by atoms with Crippen LogP contribution < -0.4 is 0 Å². The second-order valence-electron chi connectivity index (χ2n) is 4.42. The van der Waals surface area contributed by atoms with Crippen molar-refractivity contribution in [1.82, 2.24) is 0 Å². The van der Waals surface area contributed by atoms with Gasteiger partial charge in [0.15, 0.2) is 6.10 Å². The summed E-state index contributed by atoms with van der Waals surface area (Å²) in [5.74, 6) is -2.46. The fraction of sp³-hybridized carbons (Fsp3) is 0.417. The molecule has 1 aromatic carbocycles. The molecule has 0 spiro atoms. The highest BCUT2D eigenvalue weighted by atomic mass is 19.4. The molecule has 0 heterocycles. The highest BCUT2D eigenvalue weighted by Crippen LogP contribution is 2.56. The molecule has 0 aliphatic heterocycles. The molecule has 12 heteroatoms. The number of alkyl halides is 9. The van der Waals surface area contributed by atoms with Crippen LogP contribution >= 0.6 is 0 Å². The van der Waals surface area contributed by atoms with Gasteiger partial charge in [0.2, 0.25) is 0 Å². The second kappa shape index (κ2) is 6.15.